The van der Waals surface area contributed by atoms with Gasteiger partial charge in [-0.05, 0) is 30.5 Å². The summed E-state index contributed by atoms with van der Waals surface area (Å²) in [5.74, 6) is -3.56. The molecule has 7 nitrogen and oxygen atoms in total. The van der Waals surface area contributed by atoms with Crippen molar-refractivity contribution in [3.05, 3.63) is 75.8 Å². The zero-order valence-electron chi connectivity index (χ0n) is 18.0. The van der Waals surface area contributed by atoms with Gasteiger partial charge in [-0.3, -0.25) is 14.4 Å². The number of para-hydroxylation sites is 1. The molecule has 2 atom stereocenters. The summed E-state index contributed by atoms with van der Waals surface area (Å²) in [6.45, 7) is 3.82. The molecule has 0 bridgehead atoms. The molecule has 0 fully saturated rings. The third-order valence-corrected chi connectivity index (χ3v) is 6.25. The Balaban J connectivity index is 1.88. The van der Waals surface area contributed by atoms with Crippen LogP contribution in [0.4, 0.5) is 5.69 Å². The molecule has 32 heavy (non-hydrogen) atoms. The number of benzene rings is 2. The highest BCUT2D eigenvalue weighted by molar-refractivity contribution is 8.03. The summed E-state index contributed by atoms with van der Waals surface area (Å²) < 4.78 is 4.82. The molecule has 0 radical (unpaired) electrons. The normalized spacial score (nSPS) is 17.9. The second-order valence-electron chi connectivity index (χ2n) is 7.34. The Morgan fingerprint density at radius 2 is 1.78 bits per heavy atom. The number of rotatable bonds is 6. The van der Waals surface area contributed by atoms with Gasteiger partial charge < -0.3 is 15.4 Å². The lowest BCUT2D eigenvalue weighted by molar-refractivity contribution is -0.150. The predicted octanol–water partition coefficient (Wildman–Crippen LogP) is 3.41. The molecule has 2 N–H and O–H groups in total. The molecule has 8 heteroatoms. The second-order valence-corrected chi connectivity index (χ2v) is 8.32. The fourth-order valence-electron chi connectivity index (χ4n) is 3.66. The van der Waals surface area contributed by atoms with Gasteiger partial charge in [0.05, 0.1) is 29.5 Å². The van der Waals surface area contributed by atoms with E-state index >= 15 is 0 Å². The van der Waals surface area contributed by atoms with Crippen molar-refractivity contribution in [2.75, 3.05) is 18.2 Å². The van der Waals surface area contributed by atoms with Gasteiger partial charge in [0.25, 0.3) is 0 Å². The largest absolute Gasteiger partial charge is 0.468 e. The van der Waals surface area contributed by atoms with E-state index in [4.69, 9.17) is 4.74 Å². The zero-order chi connectivity index (χ0) is 23.3. The van der Waals surface area contributed by atoms with Crippen LogP contribution in [-0.4, -0.2) is 30.6 Å². The van der Waals surface area contributed by atoms with Crippen molar-refractivity contribution in [3.63, 3.8) is 0 Å². The van der Waals surface area contributed by atoms with E-state index < -0.39 is 23.7 Å². The van der Waals surface area contributed by atoms with Crippen LogP contribution in [0.1, 0.15) is 22.6 Å². The minimum atomic E-state index is -1.19. The highest BCUT2D eigenvalue weighted by Gasteiger charge is 2.44. The summed E-state index contributed by atoms with van der Waals surface area (Å²) in [5, 5.41) is 15.7. The van der Waals surface area contributed by atoms with Crippen LogP contribution in [0.25, 0.3) is 0 Å². The van der Waals surface area contributed by atoms with Gasteiger partial charge in [0.1, 0.15) is 5.92 Å². The van der Waals surface area contributed by atoms with E-state index in [1.807, 2.05) is 38.1 Å². The average molecular weight is 450 g/mol. The number of methoxy groups -OCH3 is 1. The maximum Gasteiger partial charge on any atom is 0.319 e. The maximum absolute atomic E-state index is 12.8. The number of ether oxygens (including phenoxy) is 1. The molecule has 2 aromatic carbocycles. The maximum atomic E-state index is 12.8. The van der Waals surface area contributed by atoms with Gasteiger partial charge in [-0.1, -0.05) is 60.3 Å². The van der Waals surface area contributed by atoms with Crippen molar-refractivity contribution >= 4 is 35.2 Å². The number of esters is 1. The lowest BCUT2D eigenvalue weighted by Crippen LogP contribution is -2.44. The molecular weight excluding hydrogens is 426 g/mol. The summed E-state index contributed by atoms with van der Waals surface area (Å²) >= 11 is 1.05. The van der Waals surface area contributed by atoms with E-state index in [9.17, 15) is 19.6 Å². The number of anilines is 1. The number of carbonyl (C=O) groups is 3. The van der Waals surface area contributed by atoms with Crippen LogP contribution in [0.5, 0.6) is 0 Å². The van der Waals surface area contributed by atoms with Crippen molar-refractivity contribution < 1.29 is 19.1 Å². The number of hydrogen-bond acceptors (Lipinski definition) is 6. The first-order chi connectivity index (χ1) is 15.4. The number of aryl methyl sites for hydroxylation is 2. The summed E-state index contributed by atoms with van der Waals surface area (Å²) in [6, 6.07) is 16.7. The number of nitrogens with zero attached hydrogens (tertiary/aromatic N) is 1. The molecule has 0 aromatic heterocycles. The lowest BCUT2D eigenvalue weighted by Gasteiger charge is -2.30. The van der Waals surface area contributed by atoms with Crippen LogP contribution in [-0.2, 0) is 19.1 Å². The fourth-order valence-corrected chi connectivity index (χ4v) is 4.51. The van der Waals surface area contributed by atoms with Crippen molar-refractivity contribution in [1.82, 2.24) is 5.32 Å². The third kappa shape index (κ3) is 4.84. The van der Waals surface area contributed by atoms with Gasteiger partial charge in [0, 0.05) is 11.6 Å². The highest BCUT2D eigenvalue weighted by Crippen LogP contribution is 2.40. The highest BCUT2D eigenvalue weighted by atomic mass is 32.2. The Labute approximate surface area is 190 Å². The molecule has 1 aliphatic rings. The van der Waals surface area contributed by atoms with E-state index in [2.05, 4.69) is 16.7 Å². The number of carbonyl (C=O) groups excluding carboxylic acids is 3. The number of hydrogen-bond donors (Lipinski definition) is 2. The first-order valence-electron chi connectivity index (χ1n) is 9.94. The molecule has 3 rings (SSSR count). The topological polar surface area (TPSA) is 108 Å². The fraction of sp³-hybridized carbons (Fsp3) is 0.250. The molecule has 0 saturated carbocycles. The second kappa shape index (κ2) is 10.2. The first-order valence-corrected chi connectivity index (χ1v) is 10.9. The van der Waals surface area contributed by atoms with Gasteiger partial charge >= 0.3 is 5.97 Å². The number of thioether (sulfide) groups is 1. The van der Waals surface area contributed by atoms with Gasteiger partial charge in [-0.15, -0.1) is 0 Å². The number of nitrogens with one attached hydrogen (secondary N) is 2. The van der Waals surface area contributed by atoms with Crippen molar-refractivity contribution in [2.45, 2.75) is 19.8 Å². The van der Waals surface area contributed by atoms with E-state index in [1.54, 1.807) is 24.3 Å². The predicted molar refractivity (Wildman–Crippen MR) is 122 cm³/mol. The van der Waals surface area contributed by atoms with Crippen LogP contribution >= 0.6 is 11.8 Å². The summed E-state index contributed by atoms with van der Waals surface area (Å²) in [7, 11) is 1.20. The molecular formula is C24H23N3O4S. The molecule has 2 amide bonds. The quantitative estimate of drug-likeness (QED) is 0.517. The van der Waals surface area contributed by atoms with E-state index in [-0.39, 0.29) is 22.3 Å². The number of allylic oxidation sites excluding steroid dienone is 1. The molecule has 0 aliphatic carbocycles. The Morgan fingerprint density at radius 1 is 1.12 bits per heavy atom. The Bertz CT molecular complexity index is 1100. The standard InChI is InChI=1S/C24H23N3O4S/c1-14-8-7-9-15(2)21(14)26-18(28)13-32-23-17(12-25)19(16-10-5-4-6-11-16)20(22(29)27-23)24(30)31-3/h4-11,19-20H,13H2,1-3H3,(H,26,28)(H,27,29)/t19-,20+/m1/s1. The number of amides is 2. The average Bonchev–Trinajstić information content (AvgIpc) is 2.79. The smallest absolute Gasteiger partial charge is 0.319 e. The van der Waals surface area contributed by atoms with E-state index in [0.29, 0.717) is 5.56 Å². The molecule has 1 aliphatic heterocycles. The molecule has 2 aromatic rings. The van der Waals surface area contributed by atoms with Crippen LogP contribution in [0.3, 0.4) is 0 Å². The zero-order valence-corrected chi connectivity index (χ0v) is 18.8. The third-order valence-electron chi connectivity index (χ3n) is 5.24. The molecule has 164 valence electrons. The van der Waals surface area contributed by atoms with Gasteiger partial charge in [-0.2, -0.15) is 5.26 Å². The lowest BCUT2D eigenvalue weighted by atomic mass is 9.78. The van der Waals surface area contributed by atoms with Crippen molar-refractivity contribution in [1.29, 1.82) is 5.26 Å². The van der Waals surface area contributed by atoms with E-state index in [1.165, 1.54) is 7.11 Å². The van der Waals surface area contributed by atoms with Crippen LogP contribution in [0.15, 0.2) is 59.1 Å². The molecule has 0 spiro atoms. The monoisotopic (exact) mass is 449 g/mol. The summed E-state index contributed by atoms with van der Waals surface area (Å²) in [4.78, 5) is 37.8. The molecule has 0 saturated heterocycles. The Kier molecular flexibility index (Phi) is 7.33. The van der Waals surface area contributed by atoms with Crippen LogP contribution in [0, 0.1) is 31.1 Å². The Morgan fingerprint density at radius 3 is 2.38 bits per heavy atom. The van der Waals surface area contributed by atoms with Crippen LogP contribution in [0.2, 0.25) is 0 Å². The minimum absolute atomic E-state index is 0.0149. The summed E-state index contributed by atoms with van der Waals surface area (Å²) in [6.07, 6.45) is 0. The van der Waals surface area contributed by atoms with Crippen LogP contribution < -0.4 is 10.6 Å². The van der Waals surface area contributed by atoms with Gasteiger partial charge in [0.2, 0.25) is 11.8 Å². The molecule has 1 heterocycles. The van der Waals surface area contributed by atoms with Crippen molar-refractivity contribution in [3.8, 4) is 6.07 Å². The van der Waals surface area contributed by atoms with Gasteiger partial charge in [-0.25, -0.2) is 0 Å². The Hall–Kier alpha value is -3.57. The number of nitriles is 1. The molecule has 0 unspecified atom stereocenters. The first kappa shape index (κ1) is 23.1. The summed E-state index contributed by atoms with van der Waals surface area (Å²) in [5.41, 5.74) is 3.49. The minimum Gasteiger partial charge on any atom is -0.468 e. The van der Waals surface area contributed by atoms with Gasteiger partial charge in [0.15, 0.2) is 0 Å². The van der Waals surface area contributed by atoms with Crippen molar-refractivity contribution in [2.24, 2.45) is 5.92 Å². The van der Waals surface area contributed by atoms with E-state index in [0.717, 1.165) is 28.6 Å². The SMILES string of the molecule is COC(=O)[C@@H]1C(=O)NC(SCC(=O)Nc2c(C)cccc2C)=C(C#N)[C@H]1c1ccccc1.